The van der Waals surface area contributed by atoms with Gasteiger partial charge in [0, 0.05) is 17.3 Å². The van der Waals surface area contributed by atoms with Crippen LogP contribution in [-0.2, 0) is 9.47 Å². The first-order chi connectivity index (χ1) is 16.6. The number of nitrogens with one attached hydrogen (secondary N) is 1. The van der Waals surface area contributed by atoms with Crippen molar-refractivity contribution in [3.8, 4) is 17.0 Å². The van der Waals surface area contributed by atoms with Crippen LogP contribution in [0.3, 0.4) is 0 Å². The van der Waals surface area contributed by atoms with Crippen LogP contribution in [0.4, 0.5) is 23.2 Å². The number of alkyl halides is 2. The quantitative estimate of drug-likeness (QED) is 0.505. The van der Waals surface area contributed by atoms with Gasteiger partial charge in [-0.2, -0.15) is 0 Å². The Labute approximate surface area is 197 Å². The van der Waals surface area contributed by atoms with E-state index in [2.05, 4.69) is 20.3 Å². The number of aromatic nitrogens is 3. The van der Waals surface area contributed by atoms with E-state index in [-0.39, 0.29) is 40.2 Å². The lowest BCUT2D eigenvalue weighted by molar-refractivity contribution is -0.272. The van der Waals surface area contributed by atoms with Crippen molar-refractivity contribution < 1.29 is 36.6 Å². The number of nitrogens with zero attached hydrogens (tertiary/aromatic N) is 3. The van der Waals surface area contributed by atoms with Gasteiger partial charge >= 0.3 is 0 Å². The summed E-state index contributed by atoms with van der Waals surface area (Å²) in [7, 11) is 0. The Balaban J connectivity index is 1.72. The number of carbonyl (C=O) groups excluding carboxylic acids is 1. The maximum absolute atomic E-state index is 14.6. The third-order valence-electron chi connectivity index (χ3n) is 4.77. The maximum atomic E-state index is 14.6. The van der Waals surface area contributed by atoms with Gasteiger partial charge in [-0.15, -0.1) is 0 Å². The number of benzene rings is 1. The number of hydrogen-bond acceptors (Lipinski definition) is 7. The predicted octanol–water partition coefficient (Wildman–Crippen LogP) is 4.54. The Morgan fingerprint density at radius 3 is 2.49 bits per heavy atom. The van der Waals surface area contributed by atoms with E-state index in [1.807, 2.05) is 0 Å². The van der Waals surface area contributed by atoms with Crippen molar-refractivity contribution in [1.29, 1.82) is 0 Å². The van der Waals surface area contributed by atoms with E-state index in [1.165, 1.54) is 24.7 Å². The molecule has 2 aromatic heterocycles. The van der Waals surface area contributed by atoms with E-state index in [9.17, 15) is 22.4 Å². The van der Waals surface area contributed by atoms with E-state index >= 15 is 0 Å². The van der Waals surface area contributed by atoms with E-state index in [0.29, 0.717) is 0 Å². The molecular weight excluding hydrogens is 472 g/mol. The molecule has 0 saturated carbocycles. The van der Waals surface area contributed by atoms with E-state index in [4.69, 9.17) is 14.2 Å². The number of ether oxygens (including phenoxy) is 3. The molecule has 35 heavy (non-hydrogen) atoms. The number of halogens is 4. The van der Waals surface area contributed by atoms with Gasteiger partial charge < -0.3 is 19.5 Å². The molecule has 0 spiro atoms. The summed E-state index contributed by atoms with van der Waals surface area (Å²) in [4.78, 5) is 25.1. The molecule has 1 aliphatic heterocycles. The van der Waals surface area contributed by atoms with Crippen LogP contribution in [-0.4, -0.2) is 46.1 Å². The minimum Gasteiger partial charge on any atom is -0.474 e. The maximum Gasteiger partial charge on any atom is 0.293 e. The van der Waals surface area contributed by atoms with Gasteiger partial charge in [0.2, 0.25) is 12.2 Å². The molecule has 3 heterocycles. The molecule has 184 valence electrons. The third kappa shape index (κ3) is 5.72. The molecule has 0 radical (unpaired) electrons. The average Bonchev–Trinajstić information content (AvgIpc) is 2.81. The Morgan fingerprint density at radius 1 is 1.09 bits per heavy atom. The fourth-order valence-electron chi connectivity index (χ4n) is 3.27. The lowest BCUT2D eigenvalue weighted by Crippen LogP contribution is -2.37. The molecule has 1 N–H and O–H groups in total. The second-order valence-electron chi connectivity index (χ2n) is 7.91. The highest BCUT2D eigenvalue weighted by molar-refractivity contribution is 6.05. The summed E-state index contributed by atoms with van der Waals surface area (Å²) in [6.07, 6.45) is 2.10. The van der Waals surface area contributed by atoms with E-state index in [0.717, 1.165) is 18.2 Å². The molecule has 1 amide bonds. The highest BCUT2D eigenvalue weighted by Gasteiger charge is 2.39. The van der Waals surface area contributed by atoms with Crippen molar-refractivity contribution >= 4 is 11.6 Å². The summed E-state index contributed by atoms with van der Waals surface area (Å²) in [6.45, 7) is 1.69. The van der Waals surface area contributed by atoms with Crippen LogP contribution in [0.5, 0.6) is 5.88 Å². The first-order valence-electron chi connectivity index (χ1n) is 10.5. The second kappa shape index (κ2) is 9.92. The summed E-state index contributed by atoms with van der Waals surface area (Å²) >= 11 is 0. The van der Waals surface area contributed by atoms with Gasteiger partial charge in [-0.25, -0.2) is 27.5 Å². The first kappa shape index (κ1) is 24.5. The summed E-state index contributed by atoms with van der Waals surface area (Å²) in [5, 5.41) is 2.54. The fourth-order valence-corrected chi connectivity index (χ4v) is 3.27. The van der Waals surface area contributed by atoms with E-state index < -0.39 is 43.0 Å². The Kier molecular flexibility index (Phi) is 6.94. The zero-order chi connectivity index (χ0) is 25.2. The molecule has 1 aromatic carbocycles. The number of anilines is 1. The minimum absolute atomic E-state index is 0.0256. The zero-order valence-corrected chi connectivity index (χ0v) is 18.6. The van der Waals surface area contributed by atoms with E-state index in [1.54, 1.807) is 13.8 Å². The molecule has 0 aliphatic carbocycles. The van der Waals surface area contributed by atoms with Crippen LogP contribution in [0.1, 0.15) is 36.3 Å². The molecule has 0 bridgehead atoms. The Hall–Kier alpha value is -3.64. The fraction of sp³-hybridized carbons (Fsp3) is 0.304. The van der Waals surface area contributed by atoms with Crippen LogP contribution in [0.2, 0.25) is 0 Å². The molecule has 1 fully saturated rings. The summed E-state index contributed by atoms with van der Waals surface area (Å²) < 4.78 is 71.2. The van der Waals surface area contributed by atoms with Crippen LogP contribution in [0.15, 0.2) is 42.9 Å². The number of amides is 1. The molecule has 1 aliphatic rings. The second-order valence-corrected chi connectivity index (χ2v) is 7.91. The molecule has 8 nitrogen and oxygen atoms in total. The SMILES string of the molecule is CC(C)Oc1cnc(C(=O)Nc2c(-c3cc(F)ccc3F)ccnc2C2OCC(F)(F)CO2)cn1. The molecule has 12 heteroatoms. The number of hydrogen-bond donors (Lipinski definition) is 1. The Bertz CT molecular complexity index is 1210. The smallest absolute Gasteiger partial charge is 0.293 e. The normalized spacial score (nSPS) is 15.7. The third-order valence-corrected chi connectivity index (χ3v) is 4.77. The highest BCUT2D eigenvalue weighted by atomic mass is 19.3. The van der Waals surface area contributed by atoms with Crippen molar-refractivity contribution in [2.45, 2.75) is 32.2 Å². The summed E-state index contributed by atoms with van der Waals surface area (Å²) in [5.74, 6) is -5.30. The van der Waals surface area contributed by atoms with Gasteiger partial charge in [-0.1, -0.05) is 0 Å². The number of rotatable bonds is 6. The van der Waals surface area contributed by atoms with Crippen LogP contribution in [0, 0.1) is 11.6 Å². The Morgan fingerprint density at radius 2 is 1.83 bits per heavy atom. The number of pyridine rings is 1. The monoisotopic (exact) mass is 492 g/mol. The van der Waals surface area contributed by atoms with Gasteiger partial charge in [0.05, 0.1) is 24.2 Å². The van der Waals surface area contributed by atoms with Crippen molar-refractivity contribution in [2.75, 3.05) is 18.5 Å². The summed E-state index contributed by atoms with van der Waals surface area (Å²) in [6, 6.07) is 4.12. The highest BCUT2D eigenvalue weighted by Crippen LogP contribution is 2.38. The van der Waals surface area contributed by atoms with Crippen LogP contribution >= 0.6 is 0 Å². The predicted molar refractivity (Wildman–Crippen MR) is 115 cm³/mol. The lowest BCUT2D eigenvalue weighted by atomic mass is 10.0. The van der Waals surface area contributed by atoms with Gasteiger partial charge in [0.25, 0.3) is 11.8 Å². The molecule has 1 saturated heterocycles. The topological polar surface area (TPSA) is 95.5 Å². The van der Waals surface area contributed by atoms with Crippen LogP contribution in [0.25, 0.3) is 11.1 Å². The largest absolute Gasteiger partial charge is 0.474 e. The molecular formula is C23H20F4N4O4. The van der Waals surface area contributed by atoms with Crippen molar-refractivity contribution in [3.63, 3.8) is 0 Å². The van der Waals surface area contributed by atoms with Crippen molar-refractivity contribution in [1.82, 2.24) is 15.0 Å². The molecule has 0 unspecified atom stereocenters. The molecule has 4 rings (SSSR count). The van der Waals surface area contributed by atoms with Crippen molar-refractivity contribution in [3.05, 3.63) is 65.9 Å². The zero-order valence-electron chi connectivity index (χ0n) is 18.6. The molecule has 0 atom stereocenters. The standard InChI is InChI=1S/C23H20F4N4O4/c1-12(2)35-18-9-29-17(8-30-18)21(32)31-19-14(15-7-13(24)3-4-16(15)25)5-6-28-20(19)22-33-10-23(26,27)11-34-22/h3-9,12,22H,10-11H2,1-2H3,(H,31,32). The number of carbonyl (C=O) groups is 1. The minimum atomic E-state index is -3.21. The molecule has 3 aromatic rings. The summed E-state index contributed by atoms with van der Waals surface area (Å²) in [5.41, 5.74) is -0.530. The van der Waals surface area contributed by atoms with Gasteiger partial charge in [-0.3, -0.25) is 9.78 Å². The van der Waals surface area contributed by atoms with Crippen molar-refractivity contribution in [2.24, 2.45) is 0 Å². The van der Waals surface area contributed by atoms with Gasteiger partial charge in [0.15, 0.2) is 0 Å². The van der Waals surface area contributed by atoms with Gasteiger partial charge in [0.1, 0.15) is 36.2 Å². The average molecular weight is 492 g/mol. The van der Waals surface area contributed by atoms with Crippen LogP contribution < -0.4 is 10.1 Å². The van der Waals surface area contributed by atoms with Gasteiger partial charge in [-0.05, 0) is 38.1 Å². The first-order valence-corrected chi connectivity index (χ1v) is 10.5. The lowest BCUT2D eigenvalue weighted by Gasteiger charge is -2.30.